The van der Waals surface area contributed by atoms with Crippen LogP contribution in [0.5, 0.6) is 5.75 Å². The zero-order valence-electron chi connectivity index (χ0n) is 9.82. The number of ether oxygens (including phenoxy) is 1. The summed E-state index contributed by atoms with van der Waals surface area (Å²) >= 11 is 0. The molecule has 2 heteroatoms. The van der Waals surface area contributed by atoms with Gasteiger partial charge in [-0.2, -0.15) is 0 Å². The van der Waals surface area contributed by atoms with Crippen molar-refractivity contribution in [1.82, 2.24) is 0 Å². The summed E-state index contributed by atoms with van der Waals surface area (Å²) in [6, 6.07) is 14.5. The lowest BCUT2D eigenvalue weighted by Gasteiger charge is -2.10. The lowest BCUT2D eigenvalue weighted by atomic mass is 10.1. The molecule has 0 saturated heterocycles. The Morgan fingerprint density at radius 3 is 2.29 bits per heavy atom. The zero-order chi connectivity index (χ0) is 12.1. The molecule has 0 radical (unpaired) electrons. The lowest BCUT2D eigenvalue weighted by Crippen LogP contribution is -2.00. The van der Waals surface area contributed by atoms with Gasteiger partial charge >= 0.3 is 0 Å². The van der Waals surface area contributed by atoms with Gasteiger partial charge in [0.05, 0.1) is 0 Å². The Balaban J connectivity index is 2.10. The van der Waals surface area contributed by atoms with Gasteiger partial charge < -0.3 is 4.74 Å². The van der Waals surface area contributed by atoms with E-state index in [0.717, 1.165) is 12.0 Å². The van der Waals surface area contributed by atoms with E-state index in [9.17, 15) is 4.39 Å². The van der Waals surface area contributed by atoms with Crippen molar-refractivity contribution in [2.24, 2.45) is 0 Å². The standard InChI is InChI=1S/C15H15FO/c1-2-12-7-3-4-8-13(12)11-17-15-10-6-5-9-14(15)16/h3-10H,2,11H2,1H3. The minimum atomic E-state index is -0.318. The van der Waals surface area contributed by atoms with E-state index in [-0.39, 0.29) is 5.82 Å². The molecule has 0 saturated carbocycles. The smallest absolute Gasteiger partial charge is 0.165 e. The highest BCUT2D eigenvalue weighted by Gasteiger charge is 2.04. The molecule has 0 aliphatic carbocycles. The van der Waals surface area contributed by atoms with Crippen molar-refractivity contribution < 1.29 is 9.13 Å². The Kier molecular flexibility index (Phi) is 3.76. The summed E-state index contributed by atoms with van der Waals surface area (Å²) in [5.74, 6) is -0.0140. The molecule has 0 aliphatic rings. The first kappa shape index (κ1) is 11.6. The van der Waals surface area contributed by atoms with E-state index in [4.69, 9.17) is 4.74 Å². The minimum Gasteiger partial charge on any atom is -0.486 e. The van der Waals surface area contributed by atoms with Crippen LogP contribution in [0.3, 0.4) is 0 Å². The van der Waals surface area contributed by atoms with Gasteiger partial charge in [0, 0.05) is 0 Å². The van der Waals surface area contributed by atoms with Crippen LogP contribution >= 0.6 is 0 Å². The Morgan fingerprint density at radius 2 is 1.59 bits per heavy atom. The SMILES string of the molecule is CCc1ccccc1COc1ccccc1F. The molecule has 0 bridgehead atoms. The fourth-order valence-corrected chi connectivity index (χ4v) is 1.76. The molecule has 0 spiro atoms. The lowest BCUT2D eigenvalue weighted by molar-refractivity contribution is 0.289. The van der Waals surface area contributed by atoms with E-state index in [0.29, 0.717) is 12.4 Å². The maximum absolute atomic E-state index is 13.3. The van der Waals surface area contributed by atoms with Gasteiger partial charge in [-0.25, -0.2) is 4.39 Å². The van der Waals surface area contributed by atoms with Crippen LogP contribution in [0.25, 0.3) is 0 Å². The predicted molar refractivity (Wildman–Crippen MR) is 66.6 cm³/mol. The third kappa shape index (κ3) is 2.84. The molecule has 0 aromatic heterocycles. The number of hydrogen-bond acceptors (Lipinski definition) is 1. The van der Waals surface area contributed by atoms with Gasteiger partial charge in [0.1, 0.15) is 6.61 Å². The van der Waals surface area contributed by atoms with Crippen LogP contribution in [0.1, 0.15) is 18.1 Å². The Morgan fingerprint density at radius 1 is 0.941 bits per heavy atom. The minimum absolute atomic E-state index is 0.304. The molecule has 0 amide bonds. The summed E-state index contributed by atoms with van der Waals surface area (Å²) in [6.07, 6.45) is 0.955. The van der Waals surface area contributed by atoms with Crippen LogP contribution in [-0.4, -0.2) is 0 Å². The van der Waals surface area contributed by atoms with Crippen molar-refractivity contribution in [2.75, 3.05) is 0 Å². The van der Waals surface area contributed by atoms with E-state index < -0.39 is 0 Å². The van der Waals surface area contributed by atoms with Gasteiger partial charge in [0.15, 0.2) is 11.6 Å². The van der Waals surface area contributed by atoms with Crippen molar-refractivity contribution in [3.05, 3.63) is 65.5 Å². The molecular formula is C15H15FO. The van der Waals surface area contributed by atoms with E-state index in [1.54, 1.807) is 18.2 Å². The molecular weight excluding hydrogens is 215 g/mol. The highest BCUT2D eigenvalue weighted by Crippen LogP contribution is 2.18. The van der Waals surface area contributed by atoms with E-state index in [1.165, 1.54) is 11.6 Å². The van der Waals surface area contributed by atoms with Crippen LogP contribution in [-0.2, 0) is 13.0 Å². The second-order valence-electron chi connectivity index (χ2n) is 3.84. The topological polar surface area (TPSA) is 9.23 Å². The number of aryl methyl sites for hydroxylation is 1. The second-order valence-corrected chi connectivity index (χ2v) is 3.84. The first-order valence-corrected chi connectivity index (χ1v) is 5.75. The van der Waals surface area contributed by atoms with Crippen molar-refractivity contribution >= 4 is 0 Å². The van der Waals surface area contributed by atoms with Gasteiger partial charge in [0.2, 0.25) is 0 Å². The summed E-state index contributed by atoms with van der Waals surface area (Å²) in [5.41, 5.74) is 2.35. The van der Waals surface area contributed by atoms with Crippen LogP contribution in [0, 0.1) is 5.82 Å². The Bertz CT molecular complexity index is 494. The van der Waals surface area contributed by atoms with E-state index in [2.05, 4.69) is 13.0 Å². The number of para-hydroxylation sites is 1. The average molecular weight is 230 g/mol. The van der Waals surface area contributed by atoms with Gasteiger partial charge in [-0.15, -0.1) is 0 Å². The Hall–Kier alpha value is -1.83. The highest BCUT2D eigenvalue weighted by atomic mass is 19.1. The maximum atomic E-state index is 13.3. The molecule has 1 nitrogen and oxygen atoms in total. The maximum Gasteiger partial charge on any atom is 0.165 e. The van der Waals surface area contributed by atoms with Crippen LogP contribution in [0.4, 0.5) is 4.39 Å². The van der Waals surface area contributed by atoms with Gasteiger partial charge in [-0.1, -0.05) is 43.3 Å². The molecule has 2 aromatic carbocycles. The van der Waals surface area contributed by atoms with Crippen LogP contribution in [0.15, 0.2) is 48.5 Å². The van der Waals surface area contributed by atoms with E-state index in [1.807, 2.05) is 18.2 Å². The van der Waals surface area contributed by atoms with E-state index >= 15 is 0 Å². The monoisotopic (exact) mass is 230 g/mol. The molecule has 0 atom stereocenters. The largest absolute Gasteiger partial charge is 0.486 e. The van der Waals surface area contributed by atoms with Crippen molar-refractivity contribution in [1.29, 1.82) is 0 Å². The average Bonchev–Trinajstić information content (AvgIpc) is 2.38. The molecule has 0 fully saturated rings. The molecule has 17 heavy (non-hydrogen) atoms. The third-order valence-electron chi connectivity index (χ3n) is 2.72. The number of halogens is 1. The van der Waals surface area contributed by atoms with Crippen molar-refractivity contribution in [2.45, 2.75) is 20.0 Å². The molecule has 0 unspecified atom stereocenters. The summed E-state index contributed by atoms with van der Waals surface area (Å²) < 4.78 is 18.8. The first-order chi connectivity index (χ1) is 8.31. The highest BCUT2D eigenvalue weighted by molar-refractivity contribution is 5.28. The quantitative estimate of drug-likeness (QED) is 0.772. The predicted octanol–water partition coefficient (Wildman–Crippen LogP) is 3.97. The fourth-order valence-electron chi connectivity index (χ4n) is 1.76. The molecule has 88 valence electrons. The van der Waals surface area contributed by atoms with Crippen molar-refractivity contribution in [3.63, 3.8) is 0 Å². The number of rotatable bonds is 4. The number of hydrogen-bond donors (Lipinski definition) is 0. The second kappa shape index (κ2) is 5.48. The fraction of sp³-hybridized carbons (Fsp3) is 0.200. The zero-order valence-corrected chi connectivity index (χ0v) is 9.82. The molecule has 0 heterocycles. The molecule has 2 aromatic rings. The normalized spacial score (nSPS) is 10.2. The summed E-state index contributed by atoms with van der Waals surface area (Å²) in [4.78, 5) is 0. The summed E-state index contributed by atoms with van der Waals surface area (Å²) in [7, 11) is 0. The molecule has 2 rings (SSSR count). The van der Waals surface area contributed by atoms with Crippen molar-refractivity contribution in [3.8, 4) is 5.75 Å². The molecule has 0 N–H and O–H groups in total. The third-order valence-corrected chi connectivity index (χ3v) is 2.72. The summed E-state index contributed by atoms with van der Waals surface area (Å²) in [6.45, 7) is 2.51. The van der Waals surface area contributed by atoms with Gasteiger partial charge in [0.25, 0.3) is 0 Å². The van der Waals surface area contributed by atoms with Gasteiger partial charge in [-0.3, -0.25) is 0 Å². The first-order valence-electron chi connectivity index (χ1n) is 5.75. The van der Waals surface area contributed by atoms with Gasteiger partial charge in [-0.05, 0) is 29.7 Å². The Labute approximate surface area is 101 Å². The van der Waals surface area contributed by atoms with Crippen LogP contribution in [0.2, 0.25) is 0 Å². The van der Waals surface area contributed by atoms with Crippen LogP contribution < -0.4 is 4.74 Å². The molecule has 0 aliphatic heterocycles. The summed E-state index contributed by atoms with van der Waals surface area (Å²) in [5, 5.41) is 0. The number of benzene rings is 2.